The second kappa shape index (κ2) is 3.21. The number of carbonyl (C=O) groups is 1. The minimum Gasteiger partial charge on any atom is -0.334 e. The van der Waals surface area contributed by atoms with Crippen LogP contribution in [0.15, 0.2) is 4.79 Å². The van der Waals surface area contributed by atoms with Gasteiger partial charge in [-0.1, -0.05) is 0 Å². The zero-order chi connectivity index (χ0) is 9.30. The average molecular weight is 279 g/mol. The van der Waals surface area contributed by atoms with E-state index < -0.39 is 5.56 Å². The van der Waals surface area contributed by atoms with Crippen LogP contribution in [0.1, 0.15) is 16.3 Å². The predicted octanol–water partition coefficient (Wildman–Crippen LogP) is -0.317. The van der Waals surface area contributed by atoms with E-state index in [2.05, 4.69) is 4.98 Å². The quantitative estimate of drug-likeness (QED) is 0.434. The summed E-state index contributed by atoms with van der Waals surface area (Å²) in [5.41, 5.74) is 0.120. The lowest BCUT2D eigenvalue weighted by Gasteiger charge is -2.02. The first-order chi connectivity index (χ1) is 5.57. The molecule has 0 spiro atoms. The van der Waals surface area contributed by atoms with Gasteiger partial charge in [-0.15, -0.1) is 0 Å². The predicted molar refractivity (Wildman–Crippen MR) is 51.5 cm³/mol. The fourth-order valence-electron chi connectivity index (χ4n) is 0.722. The molecule has 0 aromatic carbocycles. The highest BCUT2D eigenvalue weighted by Crippen LogP contribution is 2.01. The normalized spacial score (nSPS) is 9.83. The molecule has 0 amide bonds. The van der Waals surface area contributed by atoms with Crippen LogP contribution in [0.25, 0.3) is 0 Å². The topological polar surface area (TPSA) is 78.0 Å². The number of aryl methyl sites for hydroxylation is 1. The molecule has 1 rings (SSSR count). The van der Waals surface area contributed by atoms with E-state index in [1.807, 2.05) is 22.6 Å². The number of aromatic nitrogens is 2. The van der Waals surface area contributed by atoms with Crippen LogP contribution >= 0.6 is 22.6 Å². The Morgan fingerprint density at radius 1 is 1.67 bits per heavy atom. The molecule has 0 bridgehead atoms. The summed E-state index contributed by atoms with van der Waals surface area (Å²) in [4.78, 5) is 25.4. The molecule has 0 unspecified atom stereocenters. The second-order valence-corrected chi connectivity index (χ2v) is 3.24. The third-order valence-corrected chi connectivity index (χ3v) is 2.60. The monoisotopic (exact) mass is 279 g/mol. The number of nitrogens with zero attached hydrogens (tertiary/aromatic N) is 2. The highest BCUT2D eigenvalue weighted by molar-refractivity contribution is 14.1. The molecular formula is C6H6IN3O2. The van der Waals surface area contributed by atoms with Crippen LogP contribution in [-0.2, 0) is 0 Å². The molecule has 0 saturated carbocycles. The summed E-state index contributed by atoms with van der Waals surface area (Å²) < 4.78 is 1.17. The fourth-order valence-corrected chi connectivity index (χ4v) is 1.10. The lowest BCUT2D eigenvalue weighted by atomic mass is 10.4. The Bertz CT molecular complexity index is 385. The van der Waals surface area contributed by atoms with Crippen LogP contribution in [0.4, 0.5) is 0 Å². The highest BCUT2D eigenvalue weighted by atomic mass is 127. The van der Waals surface area contributed by atoms with Gasteiger partial charge in [-0.3, -0.25) is 9.59 Å². The van der Waals surface area contributed by atoms with Crippen molar-refractivity contribution in [3.05, 3.63) is 25.4 Å². The van der Waals surface area contributed by atoms with Crippen molar-refractivity contribution < 1.29 is 4.79 Å². The smallest absolute Gasteiger partial charge is 0.285 e. The Hall–Kier alpha value is -0.920. The van der Waals surface area contributed by atoms with Gasteiger partial charge in [0.1, 0.15) is 3.57 Å². The molecule has 0 atom stereocenters. The number of rotatable bonds is 1. The summed E-state index contributed by atoms with van der Waals surface area (Å²) in [7, 11) is 0. The van der Waals surface area contributed by atoms with E-state index in [1.54, 1.807) is 6.92 Å². The first-order valence-corrected chi connectivity index (χ1v) is 4.15. The number of nitrogens with two attached hydrogens (primary N) is 1. The lowest BCUT2D eigenvalue weighted by Crippen LogP contribution is -2.34. The first kappa shape index (κ1) is 9.17. The molecule has 0 aliphatic rings. The zero-order valence-corrected chi connectivity index (χ0v) is 8.40. The van der Waals surface area contributed by atoms with Crippen LogP contribution < -0.4 is 11.4 Å². The molecule has 0 fully saturated rings. The highest BCUT2D eigenvalue weighted by Gasteiger charge is 2.08. The van der Waals surface area contributed by atoms with Gasteiger partial charge in [-0.25, -0.2) is 9.66 Å². The largest absolute Gasteiger partial charge is 0.334 e. The molecule has 0 saturated heterocycles. The Morgan fingerprint density at radius 3 is 2.75 bits per heavy atom. The van der Waals surface area contributed by atoms with Gasteiger partial charge in [-0.2, -0.15) is 0 Å². The standard InChI is InChI=1S/C6H6IN3O2/c1-3-5(7)6(12)10(8)4(2-11)9-3/h2H,8H2,1H3. The molecule has 2 N–H and O–H groups in total. The fraction of sp³-hybridized carbons (Fsp3) is 0.167. The summed E-state index contributed by atoms with van der Waals surface area (Å²) in [6.45, 7) is 1.65. The van der Waals surface area contributed by atoms with Gasteiger partial charge in [0.2, 0.25) is 0 Å². The molecule has 64 valence electrons. The first-order valence-electron chi connectivity index (χ1n) is 3.07. The molecular weight excluding hydrogens is 273 g/mol. The van der Waals surface area contributed by atoms with E-state index in [0.29, 0.717) is 15.6 Å². The SMILES string of the molecule is Cc1nc(C=O)n(N)c(=O)c1I. The van der Waals surface area contributed by atoms with Crippen LogP contribution in [0, 0.1) is 10.5 Å². The second-order valence-electron chi connectivity index (χ2n) is 2.16. The third kappa shape index (κ3) is 1.33. The number of carbonyl (C=O) groups excluding carboxylic acids is 1. The molecule has 6 heteroatoms. The van der Waals surface area contributed by atoms with E-state index in [-0.39, 0.29) is 5.82 Å². The molecule has 0 aliphatic carbocycles. The van der Waals surface area contributed by atoms with Crippen molar-refractivity contribution in [1.82, 2.24) is 9.66 Å². The molecule has 1 aromatic rings. The summed E-state index contributed by atoms with van der Waals surface area (Å²) in [5.74, 6) is 5.21. The number of aldehydes is 1. The number of nitrogen functional groups attached to an aromatic ring is 1. The van der Waals surface area contributed by atoms with E-state index in [1.165, 1.54) is 0 Å². The van der Waals surface area contributed by atoms with E-state index in [9.17, 15) is 9.59 Å². The van der Waals surface area contributed by atoms with Crippen LogP contribution in [0.3, 0.4) is 0 Å². The lowest BCUT2D eigenvalue weighted by molar-refractivity contribution is 0.111. The summed E-state index contributed by atoms with van der Waals surface area (Å²) in [6, 6.07) is 0. The van der Waals surface area contributed by atoms with Crippen molar-refractivity contribution >= 4 is 28.9 Å². The van der Waals surface area contributed by atoms with Crippen LogP contribution in [0.2, 0.25) is 0 Å². The van der Waals surface area contributed by atoms with Gasteiger partial charge in [-0.05, 0) is 29.5 Å². The number of hydrogen-bond acceptors (Lipinski definition) is 4. The summed E-state index contributed by atoms with van der Waals surface area (Å²) in [6.07, 6.45) is 0.449. The van der Waals surface area contributed by atoms with Crippen LogP contribution in [0.5, 0.6) is 0 Å². The van der Waals surface area contributed by atoms with E-state index in [4.69, 9.17) is 5.84 Å². The van der Waals surface area contributed by atoms with Crippen molar-refractivity contribution in [2.75, 3.05) is 5.84 Å². The molecule has 1 aromatic heterocycles. The molecule has 12 heavy (non-hydrogen) atoms. The average Bonchev–Trinajstić information content (AvgIpc) is 2.08. The maximum absolute atomic E-state index is 11.2. The summed E-state index contributed by atoms with van der Waals surface area (Å²) >= 11 is 1.84. The minimum atomic E-state index is -0.398. The number of hydrogen-bond donors (Lipinski definition) is 1. The van der Waals surface area contributed by atoms with Gasteiger partial charge in [0.15, 0.2) is 12.1 Å². The van der Waals surface area contributed by atoms with Crippen LogP contribution in [-0.4, -0.2) is 15.9 Å². The zero-order valence-electron chi connectivity index (χ0n) is 6.24. The maximum atomic E-state index is 11.2. The van der Waals surface area contributed by atoms with E-state index >= 15 is 0 Å². The molecule has 0 radical (unpaired) electrons. The maximum Gasteiger partial charge on any atom is 0.285 e. The van der Waals surface area contributed by atoms with Crippen molar-refractivity contribution in [3.8, 4) is 0 Å². The van der Waals surface area contributed by atoms with Crippen molar-refractivity contribution in [3.63, 3.8) is 0 Å². The number of halogens is 1. The van der Waals surface area contributed by atoms with Gasteiger partial charge in [0.05, 0.1) is 5.69 Å². The van der Waals surface area contributed by atoms with E-state index in [0.717, 1.165) is 4.68 Å². The Morgan fingerprint density at radius 2 is 2.25 bits per heavy atom. The van der Waals surface area contributed by atoms with Crippen molar-refractivity contribution in [2.45, 2.75) is 6.92 Å². The Balaban J connectivity index is 3.60. The minimum absolute atomic E-state index is 0.0575. The molecule has 0 aliphatic heterocycles. The Labute approximate surface area is 81.7 Å². The molecule has 5 nitrogen and oxygen atoms in total. The molecule has 1 heterocycles. The van der Waals surface area contributed by atoms with Gasteiger partial charge in [0.25, 0.3) is 5.56 Å². The summed E-state index contributed by atoms with van der Waals surface area (Å²) in [5, 5.41) is 0. The van der Waals surface area contributed by atoms with Gasteiger partial charge in [0, 0.05) is 0 Å². The van der Waals surface area contributed by atoms with Gasteiger partial charge < -0.3 is 5.84 Å². The van der Waals surface area contributed by atoms with Crippen molar-refractivity contribution in [1.29, 1.82) is 0 Å². The Kier molecular flexibility index (Phi) is 2.46. The van der Waals surface area contributed by atoms with Crippen molar-refractivity contribution in [2.24, 2.45) is 0 Å². The third-order valence-electron chi connectivity index (χ3n) is 1.36. The van der Waals surface area contributed by atoms with Gasteiger partial charge >= 0.3 is 0 Å².